The van der Waals surface area contributed by atoms with Gasteiger partial charge in [0.1, 0.15) is 6.10 Å². The van der Waals surface area contributed by atoms with E-state index in [0.717, 1.165) is 0 Å². The first-order valence-corrected chi connectivity index (χ1v) is 9.21. The van der Waals surface area contributed by atoms with Crippen molar-refractivity contribution in [3.63, 3.8) is 0 Å². The molecule has 0 spiro atoms. The van der Waals surface area contributed by atoms with E-state index in [1.165, 1.54) is 12.3 Å². The van der Waals surface area contributed by atoms with E-state index in [1.807, 2.05) is 13.8 Å². The van der Waals surface area contributed by atoms with Gasteiger partial charge in [0.05, 0.1) is 12.1 Å². The highest BCUT2D eigenvalue weighted by Gasteiger charge is 2.08. The van der Waals surface area contributed by atoms with Crippen LogP contribution in [0.3, 0.4) is 0 Å². The van der Waals surface area contributed by atoms with Crippen molar-refractivity contribution in [2.45, 2.75) is 20.0 Å². The fraction of sp³-hybridized carbons (Fsp3) is 0.350. The number of benzene rings is 1. The molecule has 0 saturated heterocycles. The molecular weight excluding hydrogens is 361 g/mol. The third-order valence-electron chi connectivity index (χ3n) is 3.64. The van der Waals surface area contributed by atoms with Crippen molar-refractivity contribution in [1.29, 1.82) is 0 Å². The Morgan fingerprint density at radius 2 is 1.96 bits per heavy atom. The molecule has 0 aliphatic rings. The van der Waals surface area contributed by atoms with Crippen molar-refractivity contribution in [2.24, 2.45) is 4.99 Å². The zero-order valence-corrected chi connectivity index (χ0v) is 16.1. The molecule has 0 radical (unpaired) electrons. The lowest BCUT2D eigenvalue weighted by molar-refractivity contribution is 0.0954. The number of rotatable bonds is 9. The van der Waals surface area contributed by atoms with Gasteiger partial charge in [-0.15, -0.1) is 0 Å². The fourth-order valence-corrected chi connectivity index (χ4v) is 2.31. The van der Waals surface area contributed by atoms with Crippen molar-refractivity contribution >= 4 is 11.9 Å². The van der Waals surface area contributed by atoms with Crippen LogP contribution in [0.15, 0.2) is 53.8 Å². The summed E-state index contributed by atoms with van der Waals surface area (Å²) in [7, 11) is 0. The molecule has 3 N–H and O–H groups in total. The minimum absolute atomic E-state index is 0.177. The first-order chi connectivity index (χ1) is 13.6. The molecule has 1 atom stereocenters. The summed E-state index contributed by atoms with van der Waals surface area (Å²) in [6.45, 7) is 5.76. The Hall–Kier alpha value is -3.16. The zero-order chi connectivity index (χ0) is 20.2. The van der Waals surface area contributed by atoms with Gasteiger partial charge in [0.2, 0.25) is 0 Å². The monoisotopic (exact) mass is 387 g/mol. The van der Waals surface area contributed by atoms with E-state index in [1.54, 1.807) is 36.5 Å². The summed E-state index contributed by atoms with van der Waals surface area (Å²) < 4.78 is 19.2. The lowest BCUT2D eigenvalue weighted by Gasteiger charge is -2.15. The lowest BCUT2D eigenvalue weighted by Crippen LogP contribution is -2.42. The first-order valence-electron chi connectivity index (χ1n) is 9.21. The number of aliphatic imine (C=N–C) groups is 1. The third kappa shape index (κ3) is 7.22. The van der Waals surface area contributed by atoms with Crippen molar-refractivity contribution in [3.8, 4) is 5.75 Å². The summed E-state index contributed by atoms with van der Waals surface area (Å²) in [6.07, 6.45) is 2.84. The largest absolute Gasteiger partial charge is 0.486 e. The van der Waals surface area contributed by atoms with Gasteiger partial charge in [-0.05, 0) is 38.1 Å². The first kappa shape index (κ1) is 21.1. The number of ether oxygens (including phenoxy) is 1. The predicted octanol–water partition coefficient (Wildman–Crippen LogP) is 1.97. The SMILES string of the molecule is CCNC(=NCC(C)Oc1ccccc1F)NCCNC(=O)c1cccnc1. The summed E-state index contributed by atoms with van der Waals surface area (Å²) in [5.41, 5.74) is 0.516. The van der Waals surface area contributed by atoms with Crippen LogP contribution in [-0.4, -0.2) is 49.1 Å². The summed E-state index contributed by atoms with van der Waals surface area (Å²) in [5, 5.41) is 9.07. The third-order valence-corrected chi connectivity index (χ3v) is 3.64. The number of hydrogen-bond acceptors (Lipinski definition) is 4. The van der Waals surface area contributed by atoms with Crippen LogP contribution in [0.25, 0.3) is 0 Å². The molecule has 1 unspecified atom stereocenters. The minimum Gasteiger partial charge on any atom is -0.486 e. The highest BCUT2D eigenvalue weighted by atomic mass is 19.1. The summed E-state index contributed by atoms with van der Waals surface area (Å²) in [6, 6.07) is 9.71. The molecule has 2 rings (SSSR count). The highest BCUT2D eigenvalue weighted by molar-refractivity contribution is 5.93. The van der Waals surface area contributed by atoms with Crippen LogP contribution in [0.2, 0.25) is 0 Å². The molecule has 0 bridgehead atoms. The van der Waals surface area contributed by atoms with Gasteiger partial charge in [0, 0.05) is 32.0 Å². The van der Waals surface area contributed by atoms with Gasteiger partial charge in [-0.1, -0.05) is 12.1 Å². The minimum atomic E-state index is -0.396. The molecule has 1 aromatic heterocycles. The van der Waals surface area contributed by atoms with Crippen molar-refractivity contribution in [1.82, 2.24) is 20.9 Å². The quantitative estimate of drug-likeness (QED) is 0.348. The summed E-state index contributed by atoms with van der Waals surface area (Å²) in [5.74, 6) is 0.236. The highest BCUT2D eigenvalue weighted by Crippen LogP contribution is 2.16. The van der Waals surface area contributed by atoms with E-state index in [-0.39, 0.29) is 17.8 Å². The number of nitrogens with one attached hydrogen (secondary N) is 3. The molecule has 0 aliphatic carbocycles. The van der Waals surface area contributed by atoms with Crippen molar-refractivity contribution in [3.05, 3.63) is 60.2 Å². The standard InChI is InChI=1S/C20H26FN5O2/c1-3-23-20(25-12-11-24-19(27)16-7-6-10-22-14-16)26-13-15(2)28-18-9-5-4-8-17(18)21/h4-10,14-15H,3,11-13H2,1-2H3,(H,24,27)(H2,23,25,26). The average molecular weight is 387 g/mol. The van der Waals surface area contributed by atoms with Gasteiger partial charge in [-0.2, -0.15) is 0 Å². The number of guanidine groups is 1. The molecule has 8 heteroatoms. The van der Waals surface area contributed by atoms with E-state index in [2.05, 4.69) is 25.9 Å². The summed E-state index contributed by atoms with van der Waals surface area (Å²) in [4.78, 5) is 20.3. The molecule has 2 aromatic rings. The molecular formula is C20H26FN5O2. The number of nitrogens with zero attached hydrogens (tertiary/aromatic N) is 2. The van der Waals surface area contributed by atoms with Gasteiger partial charge < -0.3 is 20.7 Å². The second-order valence-corrected chi connectivity index (χ2v) is 6.00. The Morgan fingerprint density at radius 1 is 1.18 bits per heavy atom. The summed E-state index contributed by atoms with van der Waals surface area (Å²) >= 11 is 0. The number of para-hydroxylation sites is 1. The Morgan fingerprint density at radius 3 is 2.68 bits per heavy atom. The maximum absolute atomic E-state index is 13.6. The topological polar surface area (TPSA) is 87.6 Å². The smallest absolute Gasteiger partial charge is 0.252 e. The number of aromatic nitrogens is 1. The van der Waals surface area contributed by atoms with Crippen molar-refractivity contribution < 1.29 is 13.9 Å². The van der Waals surface area contributed by atoms with E-state index in [9.17, 15) is 9.18 Å². The molecule has 0 fully saturated rings. The Kier molecular flexibility index (Phi) is 8.71. The molecule has 7 nitrogen and oxygen atoms in total. The van der Waals surface area contributed by atoms with Crippen LogP contribution in [0.4, 0.5) is 4.39 Å². The maximum Gasteiger partial charge on any atom is 0.252 e. The molecule has 1 heterocycles. The number of halogens is 1. The second kappa shape index (κ2) is 11.5. The lowest BCUT2D eigenvalue weighted by atomic mass is 10.3. The number of carbonyl (C=O) groups is 1. The molecule has 1 aromatic carbocycles. The van der Waals surface area contributed by atoms with Gasteiger partial charge >= 0.3 is 0 Å². The fourth-order valence-electron chi connectivity index (χ4n) is 2.31. The van der Waals surface area contributed by atoms with E-state index < -0.39 is 5.82 Å². The van der Waals surface area contributed by atoms with Crippen LogP contribution in [-0.2, 0) is 0 Å². The Labute approximate surface area is 164 Å². The van der Waals surface area contributed by atoms with Crippen molar-refractivity contribution in [2.75, 3.05) is 26.2 Å². The number of hydrogen-bond donors (Lipinski definition) is 3. The van der Waals surface area contributed by atoms with Crippen LogP contribution in [0.5, 0.6) is 5.75 Å². The molecule has 150 valence electrons. The zero-order valence-electron chi connectivity index (χ0n) is 16.1. The second-order valence-electron chi connectivity index (χ2n) is 6.00. The maximum atomic E-state index is 13.6. The van der Waals surface area contributed by atoms with Crippen LogP contribution < -0.4 is 20.7 Å². The van der Waals surface area contributed by atoms with Crippen LogP contribution in [0.1, 0.15) is 24.2 Å². The molecule has 0 aliphatic heterocycles. The van der Waals surface area contributed by atoms with Crippen LogP contribution in [0, 0.1) is 5.82 Å². The molecule has 28 heavy (non-hydrogen) atoms. The number of carbonyl (C=O) groups excluding carboxylic acids is 1. The Bertz CT molecular complexity index is 770. The van der Waals surface area contributed by atoms with Gasteiger partial charge in [-0.3, -0.25) is 9.78 Å². The predicted molar refractivity (Wildman–Crippen MR) is 107 cm³/mol. The normalized spacial score (nSPS) is 12.2. The Balaban J connectivity index is 1.76. The molecule has 1 amide bonds. The van der Waals surface area contributed by atoms with E-state index in [4.69, 9.17) is 4.74 Å². The molecule has 0 saturated carbocycles. The van der Waals surface area contributed by atoms with Crippen LogP contribution >= 0.6 is 0 Å². The van der Waals surface area contributed by atoms with Gasteiger partial charge in [0.25, 0.3) is 5.91 Å². The van der Waals surface area contributed by atoms with E-state index in [0.29, 0.717) is 37.7 Å². The van der Waals surface area contributed by atoms with Gasteiger partial charge in [-0.25, -0.2) is 9.38 Å². The van der Waals surface area contributed by atoms with E-state index >= 15 is 0 Å². The van der Waals surface area contributed by atoms with Gasteiger partial charge in [0.15, 0.2) is 17.5 Å². The average Bonchev–Trinajstić information content (AvgIpc) is 2.71. The number of amides is 1. The number of pyridine rings is 1.